The molecule has 114 valence electrons. The summed E-state index contributed by atoms with van der Waals surface area (Å²) in [6, 6.07) is 3.60. The first-order valence-electron chi connectivity index (χ1n) is 7.32. The van der Waals surface area contributed by atoms with E-state index in [0.29, 0.717) is 22.6 Å². The highest BCUT2D eigenvalue weighted by atomic mass is 32.2. The van der Waals surface area contributed by atoms with E-state index in [-0.39, 0.29) is 0 Å². The number of sulfonamides is 1. The fourth-order valence-electron chi connectivity index (χ4n) is 2.66. The summed E-state index contributed by atoms with van der Waals surface area (Å²) in [5, 5.41) is 3.21. The van der Waals surface area contributed by atoms with Crippen LogP contribution in [0.3, 0.4) is 0 Å². The van der Waals surface area contributed by atoms with Crippen molar-refractivity contribution in [1.82, 2.24) is 10.0 Å². The summed E-state index contributed by atoms with van der Waals surface area (Å²) in [5.74, 6) is 1.12. The predicted octanol–water partition coefficient (Wildman–Crippen LogP) is 2.57. The minimum absolute atomic E-state index is 0.427. The van der Waals surface area contributed by atoms with Crippen LogP contribution in [0.25, 0.3) is 0 Å². The van der Waals surface area contributed by atoms with Crippen LogP contribution >= 0.6 is 11.3 Å². The average molecular weight is 316 g/mol. The van der Waals surface area contributed by atoms with Crippen molar-refractivity contribution in [3.8, 4) is 0 Å². The van der Waals surface area contributed by atoms with Crippen molar-refractivity contribution < 1.29 is 8.42 Å². The number of nitrogens with one attached hydrogen (secondary N) is 2. The molecule has 0 bridgehead atoms. The lowest BCUT2D eigenvalue weighted by atomic mass is 9.99. The van der Waals surface area contributed by atoms with E-state index in [4.69, 9.17) is 0 Å². The molecule has 4 nitrogen and oxygen atoms in total. The normalized spacial score (nSPS) is 23.3. The third-order valence-electron chi connectivity index (χ3n) is 4.03. The zero-order valence-electron chi connectivity index (χ0n) is 12.2. The van der Waals surface area contributed by atoms with Gasteiger partial charge in [-0.1, -0.05) is 26.7 Å². The molecule has 1 saturated carbocycles. The molecular formula is C14H24N2O2S2. The van der Waals surface area contributed by atoms with E-state index >= 15 is 0 Å². The standard InChI is InChI=1S/C14H24N2O2S2/c1-3-15-10-13-7-8-14(19-13)20(17,18)16-9-12-6-4-5-11(12)2/h7-8,11-12,15-16H,3-6,9-10H2,1-2H3. The first kappa shape index (κ1) is 15.9. The van der Waals surface area contributed by atoms with Gasteiger partial charge in [-0.15, -0.1) is 11.3 Å². The molecule has 1 aliphatic carbocycles. The quantitative estimate of drug-likeness (QED) is 0.813. The van der Waals surface area contributed by atoms with Crippen LogP contribution in [0.5, 0.6) is 0 Å². The molecule has 0 saturated heterocycles. The molecule has 6 heteroatoms. The molecule has 2 N–H and O–H groups in total. The number of rotatable bonds is 7. The van der Waals surface area contributed by atoms with E-state index < -0.39 is 10.0 Å². The van der Waals surface area contributed by atoms with Gasteiger partial charge in [0.15, 0.2) is 0 Å². The monoisotopic (exact) mass is 316 g/mol. The molecule has 0 spiro atoms. The van der Waals surface area contributed by atoms with Crippen LogP contribution in [0.2, 0.25) is 0 Å². The van der Waals surface area contributed by atoms with Crippen LogP contribution in [0.1, 0.15) is 38.0 Å². The largest absolute Gasteiger partial charge is 0.312 e. The van der Waals surface area contributed by atoms with E-state index in [0.717, 1.165) is 24.4 Å². The minimum Gasteiger partial charge on any atom is -0.312 e. The lowest BCUT2D eigenvalue weighted by Gasteiger charge is -2.15. The first-order chi connectivity index (χ1) is 9.53. The molecule has 1 aliphatic rings. The van der Waals surface area contributed by atoms with Gasteiger partial charge in [-0.05, 0) is 36.9 Å². The van der Waals surface area contributed by atoms with Crippen molar-refractivity contribution in [2.75, 3.05) is 13.1 Å². The van der Waals surface area contributed by atoms with Gasteiger partial charge in [-0.3, -0.25) is 0 Å². The molecule has 2 atom stereocenters. The Morgan fingerprint density at radius 3 is 2.80 bits per heavy atom. The van der Waals surface area contributed by atoms with Crippen LogP contribution in [-0.4, -0.2) is 21.5 Å². The highest BCUT2D eigenvalue weighted by molar-refractivity contribution is 7.91. The Labute approximate surface area is 126 Å². The summed E-state index contributed by atoms with van der Waals surface area (Å²) in [7, 11) is -3.33. The molecule has 1 heterocycles. The van der Waals surface area contributed by atoms with Crippen molar-refractivity contribution in [2.24, 2.45) is 11.8 Å². The van der Waals surface area contributed by atoms with E-state index in [9.17, 15) is 8.42 Å². The molecule has 2 rings (SSSR count). The van der Waals surface area contributed by atoms with Crippen LogP contribution in [0.15, 0.2) is 16.3 Å². The molecule has 0 aliphatic heterocycles. The fraction of sp³-hybridized carbons (Fsp3) is 0.714. The maximum Gasteiger partial charge on any atom is 0.250 e. The lowest BCUT2D eigenvalue weighted by molar-refractivity contribution is 0.414. The van der Waals surface area contributed by atoms with Gasteiger partial charge in [0.25, 0.3) is 0 Å². The van der Waals surface area contributed by atoms with Gasteiger partial charge in [0.1, 0.15) is 4.21 Å². The van der Waals surface area contributed by atoms with Gasteiger partial charge in [0.05, 0.1) is 0 Å². The Balaban J connectivity index is 1.93. The number of thiophene rings is 1. The van der Waals surface area contributed by atoms with Gasteiger partial charge in [0, 0.05) is 18.0 Å². The molecule has 2 unspecified atom stereocenters. The number of hydrogen-bond acceptors (Lipinski definition) is 4. The summed E-state index contributed by atoms with van der Waals surface area (Å²) in [5.41, 5.74) is 0. The van der Waals surface area contributed by atoms with Crippen molar-refractivity contribution in [1.29, 1.82) is 0 Å². The highest BCUT2D eigenvalue weighted by Crippen LogP contribution is 2.31. The molecule has 20 heavy (non-hydrogen) atoms. The fourth-order valence-corrected chi connectivity index (χ4v) is 5.12. The maximum atomic E-state index is 12.3. The molecule has 0 aromatic carbocycles. The molecule has 0 radical (unpaired) electrons. The van der Waals surface area contributed by atoms with E-state index in [2.05, 4.69) is 17.0 Å². The summed E-state index contributed by atoms with van der Waals surface area (Å²) < 4.78 is 27.7. The van der Waals surface area contributed by atoms with Crippen molar-refractivity contribution in [2.45, 2.75) is 43.9 Å². The Bertz CT molecular complexity index is 525. The van der Waals surface area contributed by atoms with Gasteiger partial charge in [-0.25, -0.2) is 13.1 Å². The Morgan fingerprint density at radius 1 is 1.35 bits per heavy atom. The molecule has 0 amide bonds. The number of hydrogen-bond donors (Lipinski definition) is 2. The third-order valence-corrected chi connectivity index (χ3v) is 7.03. The van der Waals surface area contributed by atoms with Gasteiger partial charge < -0.3 is 5.32 Å². The Hall–Kier alpha value is -0.430. The SMILES string of the molecule is CCNCc1ccc(S(=O)(=O)NCC2CCCC2C)s1. The van der Waals surface area contributed by atoms with Gasteiger partial charge in [0.2, 0.25) is 10.0 Å². The second-order valence-corrected chi connectivity index (χ2v) is 8.68. The summed E-state index contributed by atoms with van der Waals surface area (Å²) >= 11 is 1.35. The highest BCUT2D eigenvalue weighted by Gasteiger charge is 2.25. The van der Waals surface area contributed by atoms with Crippen LogP contribution in [0, 0.1) is 11.8 Å². The smallest absolute Gasteiger partial charge is 0.250 e. The summed E-state index contributed by atoms with van der Waals surface area (Å²) in [6.45, 7) is 6.44. The second kappa shape index (κ2) is 7.02. The van der Waals surface area contributed by atoms with Gasteiger partial charge >= 0.3 is 0 Å². The summed E-state index contributed by atoms with van der Waals surface area (Å²) in [4.78, 5) is 1.06. The van der Waals surface area contributed by atoms with Crippen molar-refractivity contribution in [3.63, 3.8) is 0 Å². The minimum atomic E-state index is -3.33. The summed E-state index contributed by atoms with van der Waals surface area (Å²) in [6.07, 6.45) is 3.58. The van der Waals surface area contributed by atoms with E-state index in [1.165, 1.54) is 24.2 Å². The molecule has 1 aromatic rings. The maximum absolute atomic E-state index is 12.3. The Kier molecular flexibility index (Phi) is 5.60. The first-order valence-corrected chi connectivity index (χ1v) is 9.62. The molecule has 1 fully saturated rings. The second-order valence-electron chi connectivity index (χ2n) is 5.52. The van der Waals surface area contributed by atoms with Crippen LogP contribution < -0.4 is 10.0 Å². The topological polar surface area (TPSA) is 58.2 Å². The third kappa shape index (κ3) is 4.04. The van der Waals surface area contributed by atoms with Gasteiger partial charge in [-0.2, -0.15) is 0 Å². The van der Waals surface area contributed by atoms with E-state index in [1.807, 2.05) is 13.0 Å². The van der Waals surface area contributed by atoms with Crippen molar-refractivity contribution >= 4 is 21.4 Å². The zero-order valence-corrected chi connectivity index (χ0v) is 13.8. The van der Waals surface area contributed by atoms with Crippen LogP contribution in [0.4, 0.5) is 0 Å². The average Bonchev–Trinajstić information content (AvgIpc) is 3.03. The predicted molar refractivity (Wildman–Crippen MR) is 83.4 cm³/mol. The van der Waals surface area contributed by atoms with Crippen LogP contribution in [-0.2, 0) is 16.6 Å². The Morgan fingerprint density at radius 2 is 2.15 bits per heavy atom. The molecule has 1 aromatic heterocycles. The zero-order chi connectivity index (χ0) is 14.6. The van der Waals surface area contributed by atoms with E-state index in [1.54, 1.807) is 6.07 Å². The molecular weight excluding hydrogens is 292 g/mol. The lowest BCUT2D eigenvalue weighted by Crippen LogP contribution is -2.29. The van der Waals surface area contributed by atoms with Crippen molar-refractivity contribution in [3.05, 3.63) is 17.0 Å².